The molecule has 0 radical (unpaired) electrons. The lowest BCUT2D eigenvalue weighted by Gasteiger charge is -2.34. The zero-order valence-electron chi connectivity index (χ0n) is 16.0. The summed E-state index contributed by atoms with van der Waals surface area (Å²) in [6.45, 7) is 4.05. The zero-order valence-corrected chi connectivity index (χ0v) is 16.0. The van der Waals surface area contributed by atoms with Crippen molar-refractivity contribution in [3.8, 4) is 11.3 Å². The van der Waals surface area contributed by atoms with E-state index in [0.717, 1.165) is 5.56 Å². The normalized spacial score (nSPS) is 18.7. The lowest BCUT2D eigenvalue weighted by Crippen LogP contribution is -2.42. The van der Waals surface area contributed by atoms with Crippen LogP contribution in [-0.4, -0.2) is 40.6 Å². The molecule has 0 spiro atoms. The Kier molecular flexibility index (Phi) is 6.88. The molecule has 1 saturated carbocycles. The van der Waals surface area contributed by atoms with Crippen LogP contribution in [0.2, 0.25) is 0 Å². The minimum absolute atomic E-state index is 0.102. The van der Waals surface area contributed by atoms with Gasteiger partial charge in [-0.15, -0.1) is 13.2 Å². The van der Waals surface area contributed by atoms with Crippen molar-refractivity contribution in [1.82, 2.24) is 14.9 Å². The molecule has 0 bridgehead atoms. The van der Waals surface area contributed by atoms with Gasteiger partial charge in [0.2, 0.25) is 5.91 Å². The van der Waals surface area contributed by atoms with Crippen molar-refractivity contribution in [3.63, 3.8) is 0 Å². The van der Waals surface area contributed by atoms with Crippen molar-refractivity contribution in [2.24, 2.45) is 0 Å². The van der Waals surface area contributed by atoms with Gasteiger partial charge in [-0.25, -0.2) is 9.37 Å². The van der Waals surface area contributed by atoms with Crippen molar-refractivity contribution < 1.29 is 31.8 Å². The number of aromatic nitrogens is 2. The summed E-state index contributed by atoms with van der Waals surface area (Å²) in [5.74, 6) is -0.737. The van der Waals surface area contributed by atoms with Crippen LogP contribution in [0.3, 0.4) is 0 Å². The minimum atomic E-state index is -4.65. The van der Waals surface area contributed by atoms with Crippen LogP contribution in [0.4, 0.5) is 17.6 Å². The van der Waals surface area contributed by atoms with Crippen LogP contribution >= 0.6 is 0 Å². The number of ether oxygens (including phenoxy) is 2. The third kappa shape index (κ3) is 6.67. The first-order valence-electron chi connectivity index (χ1n) is 9.29. The molecule has 162 valence electrons. The molecule has 0 unspecified atom stereocenters. The lowest BCUT2D eigenvalue weighted by molar-refractivity contribution is -0.357. The van der Waals surface area contributed by atoms with Crippen molar-refractivity contribution in [2.45, 2.75) is 44.4 Å². The van der Waals surface area contributed by atoms with Crippen LogP contribution in [0.15, 0.2) is 49.1 Å². The van der Waals surface area contributed by atoms with Gasteiger partial charge in [0.1, 0.15) is 12.4 Å². The topological polar surface area (TPSA) is 65.4 Å². The predicted molar refractivity (Wildman–Crippen MR) is 99.4 cm³/mol. The van der Waals surface area contributed by atoms with Gasteiger partial charge in [-0.2, -0.15) is 0 Å². The third-order valence-corrected chi connectivity index (χ3v) is 4.56. The minimum Gasteiger partial charge on any atom is -0.368 e. The number of nitrogens with one attached hydrogen (secondary N) is 1. The second kappa shape index (κ2) is 9.40. The predicted octanol–water partition coefficient (Wildman–Crippen LogP) is 3.79. The first-order chi connectivity index (χ1) is 14.2. The summed E-state index contributed by atoms with van der Waals surface area (Å²) in [5.41, 5.74) is 1.97. The van der Waals surface area contributed by atoms with Crippen LogP contribution in [0.25, 0.3) is 11.3 Å². The Bertz CT molecular complexity index is 874. The highest BCUT2D eigenvalue weighted by Gasteiger charge is 2.40. The Morgan fingerprint density at radius 1 is 1.23 bits per heavy atom. The average molecular weight is 427 g/mol. The summed E-state index contributed by atoms with van der Waals surface area (Å²) < 4.78 is 60.1. The molecule has 2 aromatic rings. The smallest absolute Gasteiger partial charge is 0.368 e. The Morgan fingerprint density at radius 3 is 2.60 bits per heavy atom. The molecule has 0 aliphatic heterocycles. The number of amides is 1. The van der Waals surface area contributed by atoms with Crippen LogP contribution in [0.5, 0.6) is 0 Å². The quantitative estimate of drug-likeness (QED) is 0.619. The third-order valence-electron chi connectivity index (χ3n) is 4.56. The molecule has 1 aliphatic rings. The van der Waals surface area contributed by atoms with Gasteiger partial charge in [0.15, 0.2) is 0 Å². The fourth-order valence-electron chi connectivity index (χ4n) is 2.94. The number of benzene rings is 1. The maximum atomic E-state index is 13.0. The number of nitrogens with zero attached hydrogens (tertiary/aromatic N) is 2. The Morgan fingerprint density at radius 2 is 1.93 bits per heavy atom. The molecule has 1 aromatic carbocycles. The maximum Gasteiger partial charge on any atom is 0.522 e. The first kappa shape index (κ1) is 22.0. The zero-order chi connectivity index (χ0) is 21.7. The van der Waals surface area contributed by atoms with Gasteiger partial charge in [-0.3, -0.25) is 9.53 Å². The van der Waals surface area contributed by atoms with Gasteiger partial charge in [0.25, 0.3) is 0 Å². The highest BCUT2D eigenvalue weighted by molar-refractivity contribution is 5.78. The summed E-state index contributed by atoms with van der Waals surface area (Å²) in [6, 6.07) is 6.00. The molecule has 1 heterocycles. The van der Waals surface area contributed by atoms with Gasteiger partial charge in [0, 0.05) is 43.3 Å². The monoisotopic (exact) mass is 427 g/mol. The molecule has 3 rings (SSSR count). The van der Waals surface area contributed by atoms with E-state index < -0.39 is 24.5 Å². The van der Waals surface area contributed by atoms with E-state index in [1.807, 2.05) is 10.8 Å². The number of carbonyl (C=O) groups is 1. The van der Waals surface area contributed by atoms with E-state index in [4.69, 9.17) is 4.74 Å². The highest BCUT2D eigenvalue weighted by Crippen LogP contribution is 2.32. The van der Waals surface area contributed by atoms with Gasteiger partial charge in [0.05, 0.1) is 24.2 Å². The second-order valence-electron chi connectivity index (χ2n) is 7.00. The fraction of sp³-hybridized carbons (Fsp3) is 0.400. The van der Waals surface area contributed by atoms with Gasteiger partial charge in [-0.05, 0) is 24.3 Å². The van der Waals surface area contributed by atoms with Gasteiger partial charge < -0.3 is 14.6 Å². The molecule has 1 N–H and O–H groups in total. The van der Waals surface area contributed by atoms with E-state index in [-0.39, 0.29) is 25.3 Å². The number of alkyl halides is 3. The number of allylic oxidation sites excluding steroid dienone is 1. The lowest BCUT2D eigenvalue weighted by atomic mass is 9.92. The number of aryl methyl sites for hydroxylation is 1. The Labute approximate surface area is 170 Å². The molecule has 0 saturated heterocycles. The summed E-state index contributed by atoms with van der Waals surface area (Å²) in [6.07, 6.45) is -1.89. The number of imidazole rings is 1. The Hall–Kier alpha value is -2.72. The molecule has 6 nitrogen and oxygen atoms in total. The van der Waals surface area contributed by atoms with E-state index in [9.17, 15) is 22.4 Å². The van der Waals surface area contributed by atoms with E-state index in [0.29, 0.717) is 24.4 Å². The summed E-state index contributed by atoms with van der Waals surface area (Å²) in [4.78, 5) is 16.1. The maximum absolute atomic E-state index is 13.0. The number of hydrogen-bond donors (Lipinski definition) is 1. The van der Waals surface area contributed by atoms with Crippen molar-refractivity contribution in [2.75, 3.05) is 6.61 Å². The number of rotatable bonds is 9. The molecule has 30 heavy (non-hydrogen) atoms. The SMILES string of the molecule is C=C(CCn1cnc(-c2ccc(F)cc2)c1)NC(=O)COC1CC(OC(F)(F)F)C1. The summed E-state index contributed by atoms with van der Waals surface area (Å²) in [7, 11) is 0. The van der Waals surface area contributed by atoms with E-state index in [2.05, 4.69) is 21.6 Å². The first-order valence-corrected chi connectivity index (χ1v) is 9.29. The molecular weight excluding hydrogens is 406 g/mol. The number of hydrogen-bond acceptors (Lipinski definition) is 4. The van der Waals surface area contributed by atoms with Crippen molar-refractivity contribution in [1.29, 1.82) is 0 Å². The van der Waals surface area contributed by atoms with Crippen LogP contribution < -0.4 is 5.32 Å². The van der Waals surface area contributed by atoms with Crippen LogP contribution in [-0.2, 0) is 20.8 Å². The molecular formula is C20H21F4N3O3. The van der Waals surface area contributed by atoms with Crippen LogP contribution in [0.1, 0.15) is 19.3 Å². The average Bonchev–Trinajstić information content (AvgIpc) is 3.10. The van der Waals surface area contributed by atoms with Crippen molar-refractivity contribution in [3.05, 3.63) is 54.9 Å². The van der Waals surface area contributed by atoms with Crippen molar-refractivity contribution >= 4 is 5.91 Å². The molecule has 1 fully saturated rings. The number of carbonyl (C=O) groups excluding carboxylic acids is 1. The van der Waals surface area contributed by atoms with E-state index in [1.165, 1.54) is 12.1 Å². The largest absolute Gasteiger partial charge is 0.522 e. The molecule has 10 heteroatoms. The molecule has 0 atom stereocenters. The van der Waals surface area contributed by atoms with E-state index >= 15 is 0 Å². The second-order valence-corrected chi connectivity index (χ2v) is 7.00. The summed E-state index contributed by atoms with van der Waals surface area (Å²) in [5, 5.41) is 2.60. The highest BCUT2D eigenvalue weighted by atomic mass is 19.4. The molecule has 1 amide bonds. The van der Waals surface area contributed by atoms with Crippen LogP contribution in [0, 0.1) is 5.82 Å². The fourth-order valence-corrected chi connectivity index (χ4v) is 2.94. The Balaban J connectivity index is 1.33. The standard InChI is InChI=1S/C20H21F4N3O3/c1-13(26-19(28)11-29-16-8-17(9-16)30-20(22,23)24)6-7-27-10-18(25-12-27)14-2-4-15(21)5-3-14/h2-5,10,12,16-17H,1,6-9,11H2,(H,26,28). The van der Waals surface area contributed by atoms with Gasteiger partial charge in [-0.1, -0.05) is 6.58 Å². The summed E-state index contributed by atoms with van der Waals surface area (Å²) >= 11 is 0. The molecule has 1 aromatic heterocycles. The van der Waals surface area contributed by atoms with E-state index in [1.54, 1.807) is 18.5 Å². The number of halogens is 4. The molecule has 1 aliphatic carbocycles. The van der Waals surface area contributed by atoms with Gasteiger partial charge >= 0.3 is 6.36 Å².